The van der Waals surface area contributed by atoms with Gasteiger partial charge in [-0.05, 0) is 37.3 Å². The van der Waals surface area contributed by atoms with Gasteiger partial charge in [0.25, 0.3) is 0 Å². The van der Waals surface area contributed by atoms with Crippen LogP contribution in [0.2, 0.25) is 0 Å². The van der Waals surface area contributed by atoms with E-state index in [-0.39, 0.29) is 16.9 Å². The first-order chi connectivity index (χ1) is 11.1. The van der Waals surface area contributed by atoms with Crippen LogP contribution >= 0.6 is 11.8 Å². The summed E-state index contributed by atoms with van der Waals surface area (Å²) < 4.78 is 0. The molecule has 0 spiro atoms. The molecule has 23 heavy (non-hydrogen) atoms. The van der Waals surface area contributed by atoms with Crippen LogP contribution in [-0.4, -0.2) is 41.4 Å². The summed E-state index contributed by atoms with van der Waals surface area (Å²) in [5.41, 5.74) is 1.14. The number of carbonyl (C=O) groups excluding carboxylic acids is 2. The number of thioether (sulfide) groups is 1. The summed E-state index contributed by atoms with van der Waals surface area (Å²) in [6.45, 7) is 4.41. The molecule has 1 atom stereocenters. The molecule has 0 N–H and O–H groups in total. The van der Waals surface area contributed by atoms with Crippen LogP contribution in [0, 0.1) is 5.92 Å². The topological polar surface area (TPSA) is 53.5 Å². The second-order valence-electron chi connectivity index (χ2n) is 6.30. The second-order valence-corrected chi connectivity index (χ2v) is 7.50. The Balaban J connectivity index is 1.62. The molecule has 1 unspecified atom stereocenters. The molecule has 0 radical (unpaired) electrons. The fourth-order valence-corrected chi connectivity index (χ4v) is 3.92. The molecule has 3 heterocycles. The first-order valence-corrected chi connectivity index (χ1v) is 9.27. The predicted octanol–water partition coefficient (Wildman–Crippen LogP) is 2.70. The van der Waals surface area contributed by atoms with Crippen LogP contribution in [0.25, 0.3) is 0 Å². The van der Waals surface area contributed by atoms with Crippen LogP contribution in [-0.2, 0) is 9.59 Å². The van der Waals surface area contributed by atoms with Crippen LogP contribution < -0.4 is 9.80 Å². The molecule has 0 bridgehead atoms. The third-order valence-electron chi connectivity index (χ3n) is 4.46. The van der Waals surface area contributed by atoms with E-state index < -0.39 is 0 Å². The minimum absolute atomic E-state index is 0.109. The van der Waals surface area contributed by atoms with E-state index in [2.05, 4.69) is 16.0 Å². The van der Waals surface area contributed by atoms with Crippen LogP contribution in [0.3, 0.4) is 0 Å². The van der Waals surface area contributed by atoms with Gasteiger partial charge in [0.2, 0.25) is 5.91 Å². The summed E-state index contributed by atoms with van der Waals surface area (Å²) in [7, 11) is 0. The van der Waals surface area contributed by atoms with Gasteiger partial charge in [0.15, 0.2) is 5.12 Å². The second kappa shape index (κ2) is 7.34. The van der Waals surface area contributed by atoms with Crippen LogP contribution in [0.1, 0.15) is 32.6 Å². The van der Waals surface area contributed by atoms with E-state index in [1.807, 2.05) is 12.3 Å². The summed E-state index contributed by atoms with van der Waals surface area (Å²) >= 11 is 1.30. The average molecular weight is 333 g/mol. The lowest BCUT2D eigenvalue weighted by molar-refractivity contribution is -0.117. The molecule has 5 nitrogen and oxygen atoms in total. The summed E-state index contributed by atoms with van der Waals surface area (Å²) in [5, 5.41) is 0.111. The molecule has 124 valence electrons. The Morgan fingerprint density at radius 3 is 2.74 bits per heavy atom. The van der Waals surface area contributed by atoms with Crippen molar-refractivity contribution in [2.24, 2.45) is 5.92 Å². The molecular weight excluding hydrogens is 310 g/mol. The molecule has 0 aromatic carbocycles. The Kier molecular flexibility index (Phi) is 5.20. The molecule has 6 heteroatoms. The van der Waals surface area contributed by atoms with Crippen molar-refractivity contribution in [3.63, 3.8) is 0 Å². The number of carbonyl (C=O) groups is 2. The van der Waals surface area contributed by atoms with Gasteiger partial charge in [-0.3, -0.25) is 14.5 Å². The Bertz CT molecular complexity index is 570. The van der Waals surface area contributed by atoms with Crippen molar-refractivity contribution in [3.05, 3.63) is 18.3 Å². The molecule has 0 saturated carbocycles. The lowest BCUT2D eigenvalue weighted by atomic mass is 10.1. The largest absolute Gasteiger partial charge is 0.370 e. The standard InChI is InChI=1S/C17H23N3O2S/c1-13(21)23-12-14-9-17(22)20(11-14)16-6-5-15(10-18-16)19-7-3-2-4-8-19/h5-6,10,14H,2-4,7-9,11-12H2,1H3. The van der Waals surface area contributed by atoms with Gasteiger partial charge in [-0.2, -0.15) is 0 Å². The predicted molar refractivity (Wildman–Crippen MR) is 93.9 cm³/mol. The SMILES string of the molecule is CC(=O)SCC1CC(=O)N(c2ccc(N3CCCCC3)cn2)C1. The molecule has 3 rings (SSSR count). The lowest BCUT2D eigenvalue weighted by Crippen LogP contribution is -2.30. The fraction of sp³-hybridized carbons (Fsp3) is 0.588. The first kappa shape index (κ1) is 16.3. The molecule has 2 aliphatic heterocycles. The normalized spacial score (nSPS) is 21.8. The van der Waals surface area contributed by atoms with E-state index in [4.69, 9.17) is 0 Å². The molecule has 1 amide bonds. The third kappa shape index (κ3) is 4.05. The number of rotatable bonds is 4. The van der Waals surface area contributed by atoms with E-state index in [1.54, 1.807) is 11.8 Å². The highest BCUT2D eigenvalue weighted by atomic mass is 32.2. The number of amides is 1. The van der Waals surface area contributed by atoms with Gasteiger partial charge in [0.05, 0.1) is 11.9 Å². The van der Waals surface area contributed by atoms with E-state index >= 15 is 0 Å². The van der Waals surface area contributed by atoms with E-state index in [9.17, 15) is 9.59 Å². The van der Waals surface area contributed by atoms with Gasteiger partial charge < -0.3 is 4.90 Å². The van der Waals surface area contributed by atoms with Crippen molar-refractivity contribution in [1.82, 2.24) is 4.98 Å². The van der Waals surface area contributed by atoms with Gasteiger partial charge >= 0.3 is 0 Å². The quantitative estimate of drug-likeness (QED) is 0.848. The fourth-order valence-electron chi connectivity index (χ4n) is 3.23. The maximum absolute atomic E-state index is 12.2. The molecule has 2 aliphatic rings. The Labute approximate surface area is 141 Å². The number of piperidine rings is 1. The van der Waals surface area contributed by atoms with Gasteiger partial charge in [-0.15, -0.1) is 0 Å². The number of hydrogen-bond acceptors (Lipinski definition) is 5. The Morgan fingerprint density at radius 1 is 1.30 bits per heavy atom. The van der Waals surface area contributed by atoms with Gasteiger partial charge in [0, 0.05) is 38.7 Å². The zero-order valence-corrected chi connectivity index (χ0v) is 14.3. The summed E-state index contributed by atoms with van der Waals surface area (Å²) in [6, 6.07) is 4.01. The smallest absolute Gasteiger partial charge is 0.228 e. The highest BCUT2D eigenvalue weighted by Crippen LogP contribution is 2.28. The molecule has 2 saturated heterocycles. The number of anilines is 2. The highest BCUT2D eigenvalue weighted by molar-refractivity contribution is 8.13. The van der Waals surface area contributed by atoms with Gasteiger partial charge in [-0.25, -0.2) is 4.98 Å². The third-order valence-corrected chi connectivity index (χ3v) is 5.50. The summed E-state index contributed by atoms with van der Waals surface area (Å²) in [4.78, 5) is 31.9. The zero-order chi connectivity index (χ0) is 16.2. The van der Waals surface area contributed by atoms with E-state index in [0.29, 0.717) is 18.7 Å². The lowest BCUT2D eigenvalue weighted by Gasteiger charge is -2.28. The monoisotopic (exact) mass is 333 g/mol. The number of nitrogens with zero attached hydrogens (tertiary/aromatic N) is 3. The number of hydrogen-bond donors (Lipinski definition) is 0. The van der Waals surface area contributed by atoms with E-state index in [1.165, 1.54) is 31.0 Å². The average Bonchev–Trinajstić information content (AvgIpc) is 2.95. The van der Waals surface area contributed by atoms with Crippen molar-refractivity contribution in [2.45, 2.75) is 32.6 Å². The molecule has 0 aliphatic carbocycles. The van der Waals surface area contributed by atoms with Crippen molar-refractivity contribution < 1.29 is 9.59 Å². The van der Waals surface area contributed by atoms with Crippen molar-refractivity contribution in [1.29, 1.82) is 0 Å². The minimum Gasteiger partial charge on any atom is -0.370 e. The van der Waals surface area contributed by atoms with Gasteiger partial charge in [-0.1, -0.05) is 11.8 Å². The zero-order valence-electron chi connectivity index (χ0n) is 13.5. The highest BCUT2D eigenvalue weighted by Gasteiger charge is 2.31. The maximum Gasteiger partial charge on any atom is 0.228 e. The van der Waals surface area contributed by atoms with E-state index in [0.717, 1.165) is 24.6 Å². The maximum atomic E-state index is 12.2. The summed E-state index contributed by atoms with van der Waals surface area (Å²) in [5.74, 6) is 1.78. The van der Waals surface area contributed by atoms with Crippen LogP contribution in [0.5, 0.6) is 0 Å². The van der Waals surface area contributed by atoms with Crippen molar-refractivity contribution in [2.75, 3.05) is 35.2 Å². The van der Waals surface area contributed by atoms with Crippen LogP contribution in [0.15, 0.2) is 18.3 Å². The minimum atomic E-state index is 0.109. The molecule has 1 aromatic heterocycles. The van der Waals surface area contributed by atoms with Crippen molar-refractivity contribution in [3.8, 4) is 0 Å². The molecular formula is C17H23N3O2S. The number of aromatic nitrogens is 1. The number of pyridine rings is 1. The van der Waals surface area contributed by atoms with Crippen LogP contribution in [0.4, 0.5) is 11.5 Å². The molecule has 1 aromatic rings. The Hall–Kier alpha value is -1.56. The van der Waals surface area contributed by atoms with Crippen molar-refractivity contribution >= 4 is 34.3 Å². The summed E-state index contributed by atoms with van der Waals surface area (Å²) in [6.07, 6.45) is 6.18. The Morgan fingerprint density at radius 2 is 2.09 bits per heavy atom. The first-order valence-electron chi connectivity index (χ1n) is 8.28. The molecule has 2 fully saturated rings. The van der Waals surface area contributed by atoms with Gasteiger partial charge in [0.1, 0.15) is 5.82 Å².